The van der Waals surface area contributed by atoms with Crippen LogP contribution in [0.2, 0.25) is 36.3 Å². The molecule has 2 rings (SSSR count). The maximum absolute atomic E-state index is 11.8. The summed E-state index contributed by atoms with van der Waals surface area (Å²) < 4.78 is 59.8. The molecule has 4 atom stereocenters. The summed E-state index contributed by atoms with van der Waals surface area (Å²) in [4.78, 5) is 17.0. The van der Waals surface area contributed by atoms with Crippen LogP contribution < -0.4 is 10.3 Å². The SMILES string of the molecule is Cc1cnc([C@@H](O[Si](C)(C)C(C)(C)C)[C@@H](C)S(N)(=O)=O)nc1.Cc1cnc([C@H](O[Si](C)(C)C(C)(C)C)[C@H](C)S(N)(=O)=O)nc1. The van der Waals surface area contributed by atoms with E-state index >= 15 is 0 Å². The third-order valence-electron chi connectivity index (χ3n) is 8.46. The second-order valence-corrected chi connectivity index (χ2v) is 27.8. The minimum atomic E-state index is -3.76. The van der Waals surface area contributed by atoms with Crippen LogP contribution in [0.1, 0.15) is 90.4 Å². The van der Waals surface area contributed by atoms with Crippen LogP contribution in [0, 0.1) is 13.8 Å². The van der Waals surface area contributed by atoms with Gasteiger partial charge in [0.2, 0.25) is 20.0 Å². The minimum Gasteiger partial charge on any atom is -0.405 e. The molecule has 16 heteroatoms. The summed E-state index contributed by atoms with van der Waals surface area (Å²) in [5.41, 5.74) is 1.80. The fourth-order valence-electron chi connectivity index (χ4n) is 3.15. The highest BCUT2D eigenvalue weighted by molar-refractivity contribution is 7.90. The molecule has 0 spiro atoms. The molecular formula is C28H54N6O6S2Si2. The van der Waals surface area contributed by atoms with Gasteiger partial charge in [0.15, 0.2) is 28.3 Å². The highest BCUT2D eigenvalue weighted by Crippen LogP contribution is 2.41. The number of sulfonamides is 2. The molecule has 0 aliphatic rings. The lowest BCUT2D eigenvalue weighted by Crippen LogP contribution is -2.46. The van der Waals surface area contributed by atoms with Crippen LogP contribution in [0.15, 0.2) is 24.8 Å². The van der Waals surface area contributed by atoms with Crippen molar-refractivity contribution in [1.29, 1.82) is 0 Å². The molecule has 2 heterocycles. The Morgan fingerprint density at radius 1 is 0.614 bits per heavy atom. The van der Waals surface area contributed by atoms with Crippen molar-refractivity contribution in [3.05, 3.63) is 47.6 Å². The van der Waals surface area contributed by atoms with Crippen LogP contribution in [0.3, 0.4) is 0 Å². The molecule has 0 aromatic carbocycles. The van der Waals surface area contributed by atoms with Crippen molar-refractivity contribution >= 4 is 36.7 Å². The molecule has 2 aromatic heterocycles. The lowest BCUT2D eigenvalue weighted by molar-refractivity contribution is 0.172. The molecule has 0 saturated carbocycles. The smallest absolute Gasteiger partial charge is 0.214 e. The molecule has 2 aromatic rings. The summed E-state index contributed by atoms with van der Waals surface area (Å²) in [6, 6.07) is 0. The fourth-order valence-corrected chi connectivity index (χ4v) is 6.99. The highest BCUT2D eigenvalue weighted by Gasteiger charge is 2.44. The highest BCUT2D eigenvalue weighted by atomic mass is 32.2. The number of nitrogens with zero attached hydrogens (tertiary/aromatic N) is 4. The number of hydrogen-bond donors (Lipinski definition) is 2. The van der Waals surface area contributed by atoms with Gasteiger partial charge in [-0.25, -0.2) is 47.0 Å². The van der Waals surface area contributed by atoms with Gasteiger partial charge in [0.1, 0.15) is 22.7 Å². The van der Waals surface area contributed by atoms with E-state index in [1.807, 2.05) is 13.8 Å². The number of primary sulfonamides is 2. The Balaban J connectivity index is 0.000000440. The van der Waals surface area contributed by atoms with Crippen LogP contribution in [-0.4, -0.2) is 63.9 Å². The van der Waals surface area contributed by atoms with E-state index in [2.05, 4.69) is 87.7 Å². The van der Waals surface area contributed by atoms with E-state index in [4.69, 9.17) is 19.1 Å². The zero-order valence-corrected chi connectivity index (χ0v) is 32.5. The van der Waals surface area contributed by atoms with Gasteiger partial charge in [0, 0.05) is 24.8 Å². The van der Waals surface area contributed by atoms with Gasteiger partial charge >= 0.3 is 0 Å². The van der Waals surface area contributed by atoms with Gasteiger partial charge in [-0.15, -0.1) is 0 Å². The van der Waals surface area contributed by atoms with Gasteiger partial charge in [0.05, 0.1) is 0 Å². The Bertz CT molecular complexity index is 1330. The van der Waals surface area contributed by atoms with Crippen LogP contribution >= 0.6 is 0 Å². The van der Waals surface area contributed by atoms with Crippen molar-refractivity contribution in [1.82, 2.24) is 19.9 Å². The van der Waals surface area contributed by atoms with E-state index in [1.54, 1.807) is 24.8 Å². The number of rotatable bonds is 10. The number of aryl methyl sites for hydroxylation is 2. The first kappa shape index (κ1) is 40.4. The zero-order valence-electron chi connectivity index (χ0n) is 28.8. The first-order valence-electron chi connectivity index (χ1n) is 14.5. The van der Waals surface area contributed by atoms with E-state index in [-0.39, 0.29) is 10.1 Å². The Labute approximate surface area is 267 Å². The fraction of sp³-hybridized carbons (Fsp3) is 0.714. The predicted molar refractivity (Wildman–Crippen MR) is 181 cm³/mol. The van der Waals surface area contributed by atoms with Gasteiger partial charge in [-0.3, -0.25) is 0 Å². The molecule has 0 fully saturated rings. The first-order valence-corrected chi connectivity index (χ1v) is 23.5. The molecule has 0 radical (unpaired) electrons. The standard InChI is InChI=1S/2C14H27N3O3SSi/c2*1-10-8-16-13(17-9-10)12(11(2)21(15,18)19)20-22(6,7)14(3,4)5/h2*8-9,11-12H,1-7H3,(H2,15,18,19)/t2*11-,12+/m10/s1. The average Bonchev–Trinajstić information content (AvgIpc) is 2.84. The van der Waals surface area contributed by atoms with Gasteiger partial charge in [-0.05, 0) is 75.1 Å². The maximum Gasteiger partial charge on any atom is 0.214 e. The summed E-state index contributed by atoms with van der Waals surface area (Å²) in [5, 5.41) is 8.71. The Morgan fingerprint density at radius 3 is 1.02 bits per heavy atom. The van der Waals surface area contributed by atoms with E-state index in [1.165, 1.54) is 13.8 Å². The summed E-state index contributed by atoms with van der Waals surface area (Å²) in [6.07, 6.45) is 5.08. The molecule has 0 aliphatic carbocycles. The second-order valence-electron chi connectivity index (χ2n) is 14.4. The number of nitrogens with two attached hydrogens (primary N) is 2. The molecule has 0 bridgehead atoms. The van der Waals surface area contributed by atoms with E-state index in [9.17, 15) is 16.8 Å². The molecule has 0 amide bonds. The lowest BCUT2D eigenvalue weighted by atomic mass is 10.2. The van der Waals surface area contributed by atoms with Crippen LogP contribution in [0.4, 0.5) is 0 Å². The van der Waals surface area contributed by atoms with Crippen molar-refractivity contribution in [2.75, 3.05) is 0 Å². The predicted octanol–water partition coefficient (Wildman–Crippen LogP) is 5.05. The zero-order chi connectivity index (χ0) is 34.7. The number of aromatic nitrogens is 4. The van der Waals surface area contributed by atoms with Crippen molar-refractivity contribution in [2.45, 2.75) is 128 Å². The molecule has 0 aliphatic heterocycles. The summed E-state index contributed by atoms with van der Waals surface area (Å²) in [7, 11) is -11.9. The quantitative estimate of drug-likeness (QED) is 0.319. The van der Waals surface area contributed by atoms with E-state index in [0.29, 0.717) is 11.6 Å². The second kappa shape index (κ2) is 14.4. The molecule has 0 unspecified atom stereocenters. The summed E-state index contributed by atoms with van der Waals surface area (Å²) >= 11 is 0. The monoisotopic (exact) mass is 690 g/mol. The first-order chi connectivity index (χ1) is 19.5. The van der Waals surface area contributed by atoms with E-state index < -0.39 is 59.4 Å². The third kappa shape index (κ3) is 11.3. The van der Waals surface area contributed by atoms with Crippen molar-refractivity contribution in [2.24, 2.45) is 10.3 Å². The van der Waals surface area contributed by atoms with Crippen LogP contribution in [0.25, 0.3) is 0 Å². The average molecular weight is 691 g/mol. The minimum absolute atomic E-state index is 0.0615. The summed E-state index contributed by atoms with van der Waals surface area (Å²) in [6.45, 7) is 27.6. The largest absolute Gasteiger partial charge is 0.405 e. The topological polar surface area (TPSA) is 190 Å². The third-order valence-corrected chi connectivity index (χ3v) is 19.9. The van der Waals surface area contributed by atoms with Gasteiger partial charge in [-0.1, -0.05) is 41.5 Å². The normalized spacial score (nSPS) is 16.4. The van der Waals surface area contributed by atoms with E-state index in [0.717, 1.165) is 11.1 Å². The molecule has 0 saturated heterocycles. The van der Waals surface area contributed by atoms with Crippen LogP contribution in [-0.2, 0) is 28.9 Å². The lowest BCUT2D eigenvalue weighted by Gasteiger charge is -2.39. The Kier molecular flexibility index (Phi) is 13.2. The number of hydrogen-bond acceptors (Lipinski definition) is 10. The Morgan fingerprint density at radius 2 is 0.841 bits per heavy atom. The van der Waals surface area contributed by atoms with Gasteiger partial charge in [-0.2, -0.15) is 0 Å². The van der Waals surface area contributed by atoms with Gasteiger partial charge < -0.3 is 8.85 Å². The summed E-state index contributed by atoms with van der Waals surface area (Å²) in [5.74, 6) is 0.717. The maximum atomic E-state index is 11.8. The van der Waals surface area contributed by atoms with Gasteiger partial charge in [0.25, 0.3) is 0 Å². The molecular weight excluding hydrogens is 637 g/mol. The van der Waals surface area contributed by atoms with Crippen LogP contribution in [0.5, 0.6) is 0 Å². The molecule has 4 N–H and O–H groups in total. The molecule has 252 valence electrons. The van der Waals surface area contributed by atoms with Crippen molar-refractivity contribution < 1.29 is 25.7 Å². The Hall–Kier alpha value is -1.67. The van der Waals surface area contributed by atoms with Crippen molar-refractivity contribution in [3.63, 3.8) is 0 Å². The van der Waals surface area contributed by atoms with Crippen molar-refractivity contribution in [3.8, 4) is 0 Å². The molecule has 44 heavy (non-hydrogen) atoms. The molecule has 12 nitrogen and oxygen atoms in total.